The molecule has 2 aromatic carbocycles. The van der Waals surface area contributed by atoms with Crippen molar-refractivity contribution in [1.29, 1.82) is 0 Å². The molecular formula is C27H36ClF2N3O2. The summed E-state index contributed by atoms with van der Waals surface area (Å²) in [5.41, 5.74) is 5.63. The number of halogens is 3. The summed E-state index contributed by atoms with van der Waals surface area (Å²) in [4.78, 5) is 25.5. The van der Waals surface area contributed by atoms with E-state index < -0.39 is 29.5 Å². The molecule has 0 aliphatic rings. The largest absolute Gasteiger partial charge is 0.354 e. The van der Waals surface area contributed by atoms with E-state index in [1.807, 2.05) is 0 Å². The van der Waals surface area contributed by atoms with E-state index in [1.54, 1.807) is 0 Å². The SMILES string of the molecule is NCCCCCCCCCCCCNC(=O)C(NC(=O)c1ccc(F)cc1)c1cccc(Cl)c1F. The number of carbonyl (C=O) groups is 2. The highest BCUT2D eigenvalue weighted by Gasteiger charge is 2.26. The highest BCUT2D eigenvalue weighted by molar-refractivity contribution is 6.30. The second-order valence-corrected chi connectivity index (χ2v) is 9.08. The van der Waals surface area contributed by atoms with Crippen LogP contribution in [-0.4, -0.2) is 24.9 Å². The van der Waals surface area contributed by atoms with Crippen LogP contribution in [0.1, 0.15) is 86.2 Å². The maximum Gasteiger partial charge on any atom is 0.252 e. The van der Waals surface area contributed by atoms with Gasteiger partial charge in [0.15, 0.2) is 0 Å². The molecule has 0 bridgehead atoms. The van der Waals surface area contributed by atoms with Crippen molar-refractivity contribution in [3.05, 3.63) is 70.2 Å². The van der Waals surface area contributed by atoms with Crippen LogP contribution >= 0.6 is 11.6 Å². The van der Waals surface area contributed by atoms with Crippen molar-refractivity contribution in [2.45, 2.75) is 70.3 Å². The zero-order valence-electron chi connectivity index (χ0n) is 20.1. The highest BCUT2D eigenvalue weighted by Crippen LogP contribution is 2.24. The van der Waals surface area contributed by atoms with Crippen LogP contribution in [0, 0.1) is 11.6 Å². The Morgan fingerprint density at radius 1 is 0.829 bits per heavy atom. The van der Waals surface area contributed by atoms with E-state index >= 15 is 0 Å². The molecule has 0 aliphatic heterocycles. The molecule has 0 radical (unpaired) electrons. The van der Waals surface area contributed by atoms with Gasteiger partial charge in [-0.15, -0.1) is 0 Å². The van der Waals surface area contributed by atoms with Crippen molar-refractivity contribution in [3.8, 4) is 0 Å². The lowest BCUT2D eigenvalue weighted by Crippen LogP contribution is -2.41. The average molecular weight is 508 g/mol. The average Bonchev–Trinajstić information content (AvgIpc) is 2.85. The summed E-state index contributed by atoms with van der Waals surface area (Å²) in [6.07, 6.45) is 11.3. The first-order valence-corrected chi connectivity index (χ1v) is 12.8. The third-order valence-corrected chi connectivity index (χ3v) is 6.16. The topological polar surface area (TPSA) is 84.2 Å². The molecule has 2 aromatic rings. The number of nitrogens with two attached hydrogens (primary N) is 1. The van der Waals surface area contributed by atoms with Crippen molar-refractivity contribution < 1.29 is 18.4 Å². The number of hydrogen-bond donors (Lipinski definition) is 3. The fraction of sp³-hybridized carbons (Fsp3) is 0.481. The van der Waals surface area contributed by atoms with Gasteiger partial charge < -0.3 is 16.4 Å². The molecule has 0 aliphatic carbocycles. The molecular weight excluding hydrogens is 472 g/mol. The molecule has 0 spiro atoms. The van der Waals surface area contributed by atoms with Crippen molar-refractivity contribution in [3.63, 3.8) is 0 Å². The lowest BCUT2D eigenvalue weighted by Gasteiger charge is -2.20. The summed E-state index contributed by atoms with van der Waals surface area (Å²) in [6, 6.07) is 7.91. The predicted molar refractivity (Wildman–Crippen MR) is 136 cm³/mol. The van der Waals surface area contributed by atoms with Crippen molar-refractivity contribution in [2.75, 3.05) is 13.1 Å². The van der Waals surface area contributed by atoms with Gasteiger partial charge >= 0.3 is 0 Å². The van der Waals surface area contributed by atoms with E-state index in [0.717, 1.165) is 50.8 Å². The number of nitrogens with one attached hydrogen (secondary N) is 2. The van der Waals surface area contributed by atoms with Gasteiger partial charge in [0, 0.05) is 17.7 Å². The Kier molecular flexibility index (Phi) is 13.3. The minimum Gasteiger partial charge on any atom is -0.354 e. The van der Waals surface area contributed by atoms with Gasteiger partial charge in [-0.3, -0.25) is 9.59 Å². The minimum atomic E-state index is -1.27. The Bertz CT molecular complexity index is 925. The fourth-order valence-electron chi connectivity index (χ4n) is 3.84. The molecule has 2 amide bonds. The predicted octanol–water partition coefficient (Wildman–Crippen LogP) is 6.07. The molecule has 1 atom stereocenters. The maximum absolute atomic E-state index is 14.7. The number of benzene rings is 2. The molecule has 0 saturated heterocycles. The zero-order valence-corrected chi connectivity index (χ0v) is 20.9. The van der Waals surface area contributed by atoms with Crippen LogP contribution in [0.4, 0.5) is 8.78 Å². The molecule has 8 heteroatoms. The first-order valence-electron chi connectivity index (χ1n) is 12.4. The number of carbonyl (C=O) groups excluding carboxylic acids is 2. The van der Waals surface area contributed by atoms with Crippen LogP contribution in [0.5, 0.6) is 0 Å². The summed E-state index contributed by atoms with van der Waals surface area (Å²) in [6.45, 7) is 1.19. The molecule has 0 fully saturated rings. The molecule has 192 valence electrons. The number of rotatable bonds is 16. The Labute approximate surface area is 211 Å². The van der Waals surface area contributed by atoms with Crippen LogP contribution in [0.3, 0.4) is 0 Å². The molecule has 5 nitrogen and oxygen atoms in total. The Morgan fingerprint density at radius 2 is 1.40 bits per heavy atom. The van der Waals surface area contributed by atoms with Crippen molar-refractivity contribution >= 4 is 23.4 Å². The minimum absolute atomic E-state index is 0.0306. The standard InChI is InChI=1S/C27H36ClF2N3O2/c28-23-13-11-12-22(24(23)30)25(33-26(34)20-14-16-21(29)17-15-20)27(35)32-19-10-8-6-4-2-1-3-5-7-9-18-31/h11-17,25H,1-10,18-19,31H2,(H,32,35)(H,33,34). The van der Waals surface area contributed by atoms with Crippen molar-refractivity contribution in [2.24, 2.45) is 5.73 Å². The Morgan fingerprint density at radius 3 is 2.00 bits per heavy atom. The van der Waals surface area contributed by atoms with E-state index in [4.69, 9.17) is 17.3 Å². The van der Waals surface area contributed by atoms with Gasteiger partial charge in [-0.05, 0) is 49.7 Å². The molecule has 0 saturated carbocycles. The van der Waals surface area contributed by atoms with Gasteiger partial charge in [0.05, 0.1) is 5.02 Å². The van der Waals surface area contributed by atoms with Crippen LogP contribution in [0.25, 0.3) is 0 Å². The van der Waals surface area contributed by atoms with Gasteiger partial charge in [-0.2, -0.15) is 0 Å². The maximum atomic E-state index is 14.7. The van der Waals surface area contributed by atoms with Crippen LogP contribution in [-0.2, 0) is 4.79 Å². The summed E-state index contributed by atoms with van der Waals surface area (Å²) < 4.78 is 27.9. The Balaban J connectivity index is 1.83. The van der Waals surface area contributed by atoms with Crippen LogP contribution < -0.4 is 16.4 Å². The van der Waals surface area contributed by atoms with E-state index in [9.17, 15) is 18.4 Å². The van der Waals surface area contributed by atoms with E-state index in [0.29, 0.717) is 6.54 Å². The summed E-state index contributed by atoms with van der Waals surface area (Å²) in [5, 5.41) is 5.20. The molecule has 1 unspecified atom stereocenters. The highest BCUT2D eigenvalue weighted by atomic mass is 35.5. The molecule has 0 aromatic heterocycles. The van der Waals surface area contributed by atoms with Crippen molar-refractivity contribution in [1.82, 2.24) is 10.6 Å². The van der Waals surface area contributed by atoms with Gasteiger partial charge in [-0.25, -0.2) is 8.78 Å². The number of hydrogen-bond acceptors (Lipinski definition) is 3. The van der Waals surface area contributed by atoms with Gasteiger partial charge in [-0.1, -0.05) is 75.1 Å². The van der Waals surface area contributed by atoms with Gasteiger partial charge in [0.1, 0.15) is 17.7 Å². The second-order valence-electron chi connectivity index (χ2n) is 8.67. The fourth-order valence-corrected chi connectivity index (χ4v) is 4.02. The Hall–Kier alpha value is -2.51. The smallest absolute Gasteiger partial charge is 0.252 e. The third-order valence-electron chi connectivity index (χ3n) is 5.87. The molecule has 4 N–H and O–H groups in total. The number of amides is 2. The van der Waals surface area contributed by atoms with Crippen LogP contribution in [0.15, 0.2) is 42.5 Å². The summed E-state index contributed by atoms with van der Waals surface area (Å²) in [5.74, 6) is -2.40. The van der Waals surface area contributed by atoms with E-state index in [-0.39, 0.29) is 16.1 Å². The quantitative estimate of drug-likeness (QED) is 0.241. The summed E-state index contributed by atoms with van der Waals surface area (Å²) in [7, 11) is 0. The monoisotopic (exact) mass is 507 g/mol. The normalized spacial score (nSPS) is 11.8. The molecule has 0 heterocycles. The zero-order chi connectivity index (χ0) is 25.5. The number of unbranched alkanes of at least 4 members (excludes halogenated alkanes) is 9. The lowest BCUT2D eigenvalue weighted by molar-refractivity contribution is -0.123. The lowest BCUT2D eigenvalue weighted by atomic mass is 10.0. The molecule has 2 rings (SSSR count). The third kappa shape index (κ3) is 10.3. The first-order chi connectivity index (χ1) is 16.9. The van der Waals surface area contributed by atoms with E-state index in [2.05, 4.69) is 10.6 Å². The van der Waals surface area contributed by atoms with Gasteiger partial charge in [0.2, 0.25) is 5.91 Å². The second kappa shape index (κ2) is 16.2. The first kappa shape index (κ1) is 28.7. The van der Waals surface area contributed by atoms with E-state index in [1.165, 1.54) is 62.4 Å². The molecule has 35 heavy (non-hydrogen) atoms. The van der Waals surface area contributed by atoms with Gasteiger partial charge in [0.25, 0.3) is 5.91 Å². The summed E-state index contributed by atoms with van der Waals surface area (Å²) >= 11 is 5.90. The van der Waals surface area contributed by atoms with Crippen LogP contribution in [0.2, 0.25) is 5.02 Å².